The van der Waals surface area contributed by atoms with Crippen molar-refractivity contribution in [1.29, 1.82) is 0 Å². The molecule has 3 heteroatoms. The summed E-state index contributed by atoms with van der Waals surface area (Å²) >= 11 is 0. The molecule has 0 spiro atoms. The normalized spacial score (nSPS) is 27.6. The molecular formula is C16H25N3. The summed E-state index contributed by atoms with van der Waals surface area (Å²) in [6, 6.07) is 6.71. The van der Waals surface area contributed by atoms with Crippen molar-refractivity contribution in [2.75, 3.05) is 13.1 Å². The number of nitrogens with zero attached hydrogens (tertiary/aromatic N) is 3. The van der Waals surface area contributed by atoms with E-state index >= 15 is 0 Å². The lowest BCUT2D eigenvalue weighted by atomic mass is 9.86. The highest BCUT2D eigenvalue weighted by Gasteiger charge is 2.44. The van der Waals surface area contributed by atoms with Crippen LogP contribution in [0.25, 0.3) is 0 Å². The van der Waals surface area contributed by atoms with Gasteiger partial charge in [0, 0.05) is 49.1 Å². The minimum absolute atomic E-state index is 0.692. The Labute approximate surface area is 116 Å². The van der Waals surface area contributed by atoms with Gasteiger partial charge in [-0.2, -0.15) is 0 Å². The number of hydrogen-bond donors (Lipinski definition) is 0. The highest BCUT2D eigenvalue weighted by atomic mass is 15.4. The standard InChI is InChI=1S/C16H25N3/c1-11(2)18-9-15-7-16(10-18)19(15)8-14-5-12(3)17-13(4)6-14/h5-6,11,15-16H,7-10H2,1-4H3. The fraction of sp³-hybridized carbons (Fsp3) is 0.688. The minimum Gasteiger partial charge on any atom is -0.298 e. The number of hydrogen-bond acceptors (Lipinski definition) is 3. The van der Waals surface area contributed by atoms with Crippen LogP contribution < -0.4 is 0 Å². The maximum Gasteiger partial charge on any atom is 0.0379 e. The summed E-state index contributed by atoms with van der Waals surface area (Å²) in [7, 11) is 0. The number of piperidine rings is 1. The van der Waals surface area contributed by atoms with Crippen LogP contribution in [-0.4, -0.2) is 46.0 Å². The van der Waals surface area contributed by atoms with Gasteiger partial charge < -0.3 is 0 Å². The van der Waals surface area contributed by atoms with E-state index in [2.05, 4.69) is 54.6 Å². The number of pyridine rings is 1. The highest BCUT2D eigenvalue weighted by Crippen LogP contribution is 2.34. The van der Waals surface area contributed by atoms with Gasteiger partial charge in [-0.3, -0.25) is 14.8 Å². The van der Waals surface area contributed by atoms with Crippen molar-refractivity contribution in [2.45, 2.75) is 58.8 Å². The number of likely N-dealkylation sites (tertiary alicyclic amines) is 2. The Balaban J connectivity index is 1.66. The zero-order valence-corrected chi connectivity index (χ0v) is 12.6. The van der Waals surface area contributed by atoms with Crippen LogP contribution in [0.5, 0.6) is 0 Å². The summed E-state index contributed by atoms with van der Waals surface area (Å²) in [5.74, 6) is 0. The van der Waals surface area contributed by atoms with Crippen molar-refractivity contribution in [3.05, 3.63) is 29.1 Å². The molecule has 2 bridgehead atoms. The number of aryl methyl sites for hydroxylation is 2. The molecule has 2 saturated heterocycles. The molecule has 0 radical (unpaired) electrons. The van der Waals surface area contributed by atoms with Gasteiger partial charge in [0.2, 0.25) is 0 Å². The van der Waals surface area contributed by atoms with Gasteiger partial charge in [-0.05, 0) is 51.8 Å². The van der Waals surface area contributed by atoms with Crippen LogP contribution in [0.15, 0.2) is 12.1 Å². The van der Waals surface area contributed by atoms with Crippen molar-refractivity contribution < 1.29 is 0 Å². The zero-order valence-electron chi connectivity index (χ0n) is 12.6. The lowest BCUT2D eigenvalue weighted by molar-refractivity contribution is -0.0835. The molecule has 1 aromatic rings. The molecule has 3 rings (SSSR count). The Kier molecular flexibility index (Phi) is 3.35. The average molecular weight is 259 g/mol. The second kappa shape index (κ2) is 4.88. The van der Waals surface area contributed by atoms with E-state index in [-0.39, 0.29) is 0 Å². The molecule has 0 aromatic carbocycles. The summed E-state index contributed by atoms with van der Waals surface area (Å²) in [6.45, 7) is 12.4. The molecule has 0 saturated carbocycles. The van der Waals surface area contributed by atoms with Crippen molar-refractivity contribution in [3.8, 4) is 0 Å². The van der Waals surface area contributed by atoms with Crippen molar-refractivity contribution >= 4 is 0 Å². The Morgan fingerprint density at radius 1 is 1.16 bits per heavy atom. The molecule has 19 heavy (non-hydrogen) atoms. The topological polar surface area (TPSA) is 19.4 Å². The van der Waals surface area contributed by atoms with Gasteiger partial charge in [0.25, 0.3) is 0 Å². The number of aromatic nitrogens is 1. The lowest BCUT2D eigenvalue weighted by Gasteiger charge is -2.57. The van der Waals surface area contributed by atoms with E-state index < -0.39 is 0 Å². The molecule has 2 aliphatic rings. The van der Waals surface area contributed by atoms with Crippen molar-refractivity contribution in [2.24, 2.45) is 0 Å². The summed E-state index contributed by atoms with van der Waals surface area (Å²) in [4.78, 5) is 9.78. The van der Waals surface area contributed by atoms with Crippen LogP contribution in [0.2, 0.25) is 0 Å². The number of rotatable bonds is 3. The first-order chi connectivity index (χ1) is 9.02. The summed E-state index contributed by atoms with van der Waals surface area (Å²) in [5, 5.41) is 0. The van der Waals surface area contributed by atoms with Crippen LogP contribution in [0.1, 0.15) is 37.2 Å². The van der Waals surface area contributed by atoms with E-state index in [9.17, 15) is 0 Å². The summed E-state index contributed by atoms with van der Waals surface area (Å²) in [6.07, 6.45) is 1.40. The molecule has 2 fully saturated rings. The first kappa shape index (κ1) is 13.1. The maximum absolute atomic E-state index is 4.47. The highest BCUT2D eigenvalue weighted by molar-refractivity contribution is 5.21. The third kappa shape index (κ3) is 2.54. The lowest BCUT2D eigenvalue weighted by Crippen LogP contribution is -2.68. The maximum atomic E-state index is 4.47. The van der Waals surface area contributed by atoms with Crippen molar-refractivity contribution in [1.82, 2.24) is 14.8 Å². The average Bonchev–Trinajstić information content (AvgIpc) is 2.35. The molecule has 104 valence electrons. The minimum atomic E-state index is 0.692. The first-order valence-electron chi connectivity index (χ1n) is 7.47. The Morgan fingerprint density at radius 3 is 2.26 bits per heavy atom. The third-order valence-corrected chi connectivity index (χ3v) is 4.61. The van der Waals surface area contributed by atoms with Gasteiger partial charge in [-0.1, -0.05) is 0 Å². The predicted molar refractivity (Wildman–Crippen MR) is 78.2 cm³/mol. The van der Waals surface area contributed by atoms with E-state index in [0.29, 0.717) is 6.04 Å². The molecular weight excluding hydrogens is 234 g/mol. The molecule has 1 aromatic heterocycles. The Hall–Kier alpha value is -0.930. The van der Waals surface area contributed by atoms with E-state index in [1.165, 1.54) is 25.1 Å². The Morgan fingerprint density at radius 2 is 1.74 bits per heavy atom. The zero-order chi connectivity index (χ0) is 13.6. The van der Waals surface area contributed by atoms with Crippen molar-refractivity contribution in [3.63, 3.8) is 0 Å². The molecule has 2 aliphatic heterocycles. The summed E-state index contributed by atoms with van der Waals surface area (Å²) in [5.41, 5.74) is 3.71. The van der Waals surface area contributed by atoms with Gasteiger partial charge in [0.1, 0.15) is 0 Å². The molecule has 0 amide bonds. The van der Waals surface area contributed by atoms with E-state index in [4.69, 9.17) is 0 Å². The molecule has 2 unspecified atom stereocenters. The molecule has 3 heterocycles. The SMILES string of the molecule is Cc1cc(CN2C3CC2CN(C(C)C)C3)cc(C)n1. The predicted octanol–water partition coefficient (Wildman–Crippen LogP) is 2.37. The molecule has 0 aliphatic carbocycles. The van der Waals surface area contributed by atoms with Crippen LogP contribution in [0.4, 0.5) is 0 Å². The third-order valence-electron chi connectivity index (χ3n) is 4.61. The number of fused-ring (bicyclic) bond motifs is 2. The second-order valence-corrected chi connectivity index (χ2v) is 6.52. The molecule has 3 nitrogen and oxygen atoms in total. The fourth-order valence-corrected chi connectivity index (χ4v) is 3.62. The smallest absolute Gasteiger partial charge is 0.0379 e. The van der Waals surface area contributed by atoms with Crippen LogP contribution in [0.3, 0.4) is 0 Å². The van der Waals surface area contributed by atoms with E-state index in [1.54, 1.807) is 0 Å². The molecule has 0 N–H and O–H groups in total. The monoisotopic (exact) mass is 259 g/mol. The van der Waals surface area contributed by atoms with Gasteiger partial charge >= 0.3 is 0 Å². The van der Waals surface area contributed by atoms with Gasteiger partial charge in [0.05, 0.1) is 0 Å². The van der Waals surface area contributed by atoms with Gasteiger partial charge in [-0.25, -0.2) is 0 Å². The fourth-order valence-electron chi connectivity index (χ4n) is 3.62. The molecule has 2 atom stereocenters. The van der Waals surface area contributed by atoms with E-state index in [1.807, 2.05) is 0 Å². The van der Waals surface area contributed by atoms with Gasteiger partial charge in [0.15, 0.2) is 0 Å². The second-order valence-electron chi connectivity index (χ2n) is 6.52. The Bertz CT molecular complexity index is 437. The summed E-state index contributed by atoms with van der Waals surface area (Å²) < 4.78 is 0. The largest absolute Gasteiger partial charge is 0.298 e. The van der Waals surface area contributed by atoms with Crippen LogP contribution in [-0.2, 0) is 6.54 Å². The van der Waals surface area contributed by atoms with Crippen LogP contribution in [0, 0.1) is 13.8 Å². The number of piperazine rings is 1. The quantitative estimate of drug-likeness (QED) is 0.831. The van der Waals surface area contributed by atoms with Gasteiger partial charge in [-0.15, -0.1) is 0 Å². The van der Waals surface area contributed by atoms with E-state index in [0.717, 1.165) is 30.0 Å². The van der Waals surface area contributed by atoms with Crippen LogP contribution >= 0.6 is 0 Å². The first-order valence-corrected chi connectivity index (χ1v) is 7.47.